The molecule has 8 nitrogen and oxygen atoms in total. The van der Waals surface area contributed by atoms with Crippen LogP contribution in [0.1, 0.15) is 13.8 Å². The van der Waals surface area contributed by atoms with Crippen molar-refractivity contribution in [3.63, 3.8) is 0 Å². The van der Waals surface area contributed by atoms with E-state index in [-0.39, 0.29) is 6.61 Å². The molecule has 0 saturated heterocycles. The Morgan fingerprint density at radius 1 is 1.30 bits per heavy atom. The van der Waals surface area contributed by atoms with Gasteiger partial charge in [-0.15, -0.1) is 0 Å². The number of nitrogens with one attached hydrogen (secondary N) is 2. The SMILES string of the molecule is CC(C)(CO)NC(=O)C(=O)Nc1cccc2nonc12. The van der Waals surface area contributed by atoms with Crippen LogP contribution in [0, 0.1) is 0 Å². The Hall–Kier alpha value is -2.48. The van der Waals surface area contributed by atoms with E-state index in [1.807, 2.05) is 0 Å². The molecule has 0 aliphatic heterocycles. The molecule has 0 unspecified atom stereocenters. The third kappa shape index (κ3) is 2.91. The monoisotopic (exact) mass is 278 g/mol. The van der Waals surface area contributed by atoms with E-state index in [1.54, 1.807) is 32.0 Å². The zero-order valence-electron chi connectivity index (χ0n) is 11.0. The van der Waals surface area contributed by atoms with Gasteiger partial charge in [-0.2, -0.15) is 0 Å². The van der Waals surface area contributed by atoms with Crippen LogP contribution in [0.5, 0.6) is 0 Å². The largest absolute Gasteiger partial charge is 0.394 e. The minimum absolute atomic E-state index is 0.283. The van der Waals surface area contributed by atoms with Crippen molar-refractivity contribution >= 4 is 28.5 Å². The summed E-state index contributed by atoms with van der Waals surface area (Å²) >= 11 is 0. The quantitative estimate of drug-likeness (QED) is 0.683. The third-order valence-electron chi connectivity index (χ3n) is 2.59. The molecule has 0 saturated carbocycles. The summed E-state index contributed by atoms with van der Waals surface area (Å²) in [7, 11) is 0. The van der Waals surface area contributed by atoms with Gasteiger partial charge in [0.2, 0.25) is 0 Å². The molecule has 2 amide bonds. The molecule has 1 aromatic carbocycles. The highest BCUT2D eigenvalue weighted by Gasteiger charge is 2.24. The van der Waals surface area contributed by atoms with Gasteiger partial charge < -0.3 is 15.7 Å². The van der Waals surface area contributed by atoms with Crippen molar-refractivity contribution in [3.05, 3.63) is 18.2 Å². The number of aromatic nitrogens is 2. The molecule has 0 spiro atoms. The van der Waals surface area contributed by atoms with Gasteiger partial charge in [-0.3, -0.25) is 9.59 Å². The summed E-state index contributed by atoms with van der Waals surface area (Å²) in [6.07, 6.45) is 0. The number of aliphatic hydroxyl groups is 1. The molecule has 1 heterocycles. The van der Waals surface area contributed by atoms with E-state index in [0.29, 0.717) is 16.7 Å². The number of carbonyl (C=O) groups is 2. The molecule has 3 N–H and O–H groups in total. The van der Waals surface area contributed by atoms with Gasteiger partial charge in [0.25, 0.3) is 0 Å². The fourth-order valence-corrected chi connectivity index (χ4v) is 1.49. The normalized spacial score (nSPS) is 11.3. The summed E-state index contributed by atoms with van der Waals surface area (Å²) in [4.78, 5) is 23.5. The lowest BCUT2D eigenvalue weighted by Gasteiger charge is -2.22. The number of fused-ring (bicyclic) bond motifs is 1. The first-order chi connectivity index (χ1) is 9.43. The summed E-state index contributed by atoms with van der Waals surface area (Å²) in [6, 6.07) is 4.89. The van der Waals surface area contributed by atoms with Gasteiger partial charge in [0.15, 0.2) is 5.52 Å². The molecule has 0 bridgehead atoms. The molecule has 0 atom stereocenters. The highest BCUT2D eigenvalue weighted by atomic mass is 16.6. The molecule has 0 fully saturated rings. The predicted molar refractivity (Wildman–Crippen MR) is 69.7 cm³/mol. The molecular formula is C12H14N4O4. The summed E-state index contributed by atoms with van der Waals surface area (Å²) in [6.45, 7) is 2.91. The van der Waals surface area contributed by atoms with E-state index in [9.17, 15) is 9.59 Å². The number of aliphatic hydroxyl groups excluding tert-OH is 1. The highest BCUT2D eigenvalue weighted by molar-refractivity contribution is 6.40. The topological polar surface area (TPSA) is 117 Å². The smallest absolute Gasteiger partial charge is 0.313 e. The van der Waals surface area contributed by atoms with Crippen molar-refractivity contribution in [2.45, 2.75) is 19.4 Å². The first kappa shape index (κ1) is 13.9. The Morgan fingerprint density at radius 2 is 2.05 bits per heavy atom. The van der Waals surface area contributed by atoms with E-state index < -0.39 is 17.4 Å². The number of hydrogen-bond acceptors (Lipinski definition) is 6. The average Bonchev–Trinajstić information content (AvgIpc) is 2.87. The Morgan fingerprint density at radius 3 is 2.75 bits per heavy atom. The number of nitrogens with zero attached hydrogens (tertiary/aromatic N) is 2. The molecular weight excluding hydrogens is 264 g/mol. The van der Waals surface area contributed by atoms with Crippen LogP contribution < -0.4 is 10.6 Å². The van der Waals surface area contributed by atoms with E-state index in [0.717, 1.165) is 0 Å². The van der Waals surface area contributed by atoms with Crippen LogP contribution in [0.4, 0.5) is 5.69 Å². The maximum absolute atomic E-state index is 11.8. The van der Waals surface area contributed by atoms with Crippen LogP contribution in [-0.2, 0) is 9.59 Å². The summed E-state index contributed by atoms with van der Waals surface area (Å²) < 4.78 is 4.56. The van der Waals surface area contributed by atoms with E-state index in [1.165, 1.54) is 0 Å². The van der Waals surface area contributed by atoms with Crippen molar-refractivity contribution in [1.82, 2.24) is 15.6 Å². The Labute approximate surface area is 114 Å². The van der Waals surface area contributed by atoms with Crippen LogP contribution in [0.15, 0.2) is 22.8 Å². The van der Waals surface area contributed by atoms with Gasteiger partial charge in [-0.05, 0) is 36.3 Å². The van der Waals surface area contributed by atoms with Gasteiger partial charge >= 0.3 is 11.8 Å². The van der Waals surface area contributed by atoms with Crippen LogP contribution in [0.25, 0.3) is 11.0 Å². The Kier molecular flexibility index (Phi) is 3.66. The molecule has 0 aliphatic carbocycles. The maximum atomic E-state index is 11.8. The minimum Gasteiger partial charge on any atom is -0.394 e. The third-order valence-corrected chi connectivity index (χ3v) is 2.59. The van der Waals surface area contributed by atoms with Crippen molar-refractivity contribution in [1.29, 1.82) is 0 Å². The van der Waals surface area contributed by atoms with Crippen molar-refractivity contribution < 1.29 is 19.3 Å². The predicted octanol–water partition coefficient (Wildman–Crippen LogP) is 0.0484. The number of benzene rings is 1. The van der Waals surface area contributed by atoms with Crippen molar-refractivity contribution in [3.8, 4) is 0 Å². The van der Waals surface area contributed by atoms with Gasteiger partial charge in [0.05, 0.1) is 17.8 Å². The second-order valence-corrected chi connectivity index (χ2v) is 4.89. The standard InChI is InChI=1S/C12H14N4O4/c1-12(2,6-17)14-11(19)10(18)13-7-4-3-5-8-9(7)16-20-15-8/h3-5,17H,6H2,1-2H3,(H,13,18)(H,14,19). The fraction of sp³-hybridized carbons (Fsp3) is 0.333. The molecule has 106 valence electrons. The van der Waals surface area contributed by atoms with Crippen LogP contribution >= 0.6 is 0 Å². The fourth-order valence-electron chi connectivity index (χ4n) is 1.49. The molecule has 2 rings (SSSR count). The van der Waals surface area contributed by atoms with Gasteiger partial charge in [-0.1, -0.05) is 6.07 Å². The highest BCUT2D eigenvalue weighted by Crippen LogP contribution is 2.19. The lowest BCUT2D eigenvalue weighted by atomic mass is 10.1. The molecule has 8 heteroatoms. The number of rotatable bonds is 3. The molecule has 0 radical (unpaired) electrons. The number of hydrogen-bond donors (Lipinski definition) is 3. The average molecular weight is 278 g/mol. The van der Waals surface area contributed by atoms with Gasteiger partial charge in [0, 0.05) is 0 Å². The van der Waals surface area contributed by atoms with Crippen molar-refractivity contribution in [2.75, 3.05) is 11.9 Å². The van der Waals surface area contributed by atoms with Gasteiger partial charge in [0.1, 0.15) is 5.52 Å². The lowest BCUT2D eigenvalue weighted by Crippen LogP contribution is -2.50. The molecule has 0 aliphatic rings. The van der Waals surface area contributed by atoms with Crippen LogP contribution in [0.2, 0.25) is 0 Å². The van der Waals surface area contributed by atoms with E-state index in [2.05, 4.69) is 25.6 Å². The Bertz CT molecular complexity index is 650. The molecule has 20 heavy (non-hydrogen) atoms. The summed E-state index contributed by atoms with van der Waals surface area (Å²) in [5, 5.41) is 21.2. The van der Waals surface area contributed by atoms with Crippen molar-refractivity contribution in [2.24, 2.45) is 0 Å². The molecule has 1 aromatic heterocycles. The van der Waals surface area contributed by atoms with Crippen LogP contribution in [-0.4, -0.2) is 39.4 Å². The van der Waals surface area contributed by atoms with E-state index in [4.69, 9.17) is 5.11 Å². The maximum Gasteiger partial charge on any atom is 0.313 e. The number of amides is 2. The molecule has 2 aromatic rings. The first-order valence-electron chi connectivity index (χ1n) is 5.88. The minimum atomic E-state index is -0.879. The second-order valence-electron chi connectivity index (χ2n) is 4.89. The lowest BCUT2D eigenvalue weighted by molar-refractivity contribution is -0.137. The zero-order chi connectivity index (χ0) is 14.8. The first-order valence-corrected chi connectivity index (χ1v) is 5.88. The van der Waals surface area contributed by atoms with Crippen LogP contribution in [0.3, 0.4) is 0 Å². The zero-order valence-corrected chi connectivity index (χ0v) is 11.0. The second kappa shape index (κ2) is 5.25. The Balaban J connectivity index is 2.12. The summed E-state index contributed by atoms with van der Waals surface area (Å²) in [5.41, 5.74) is 0.273. The number of anilines is 1. The van der Waals surface area contributed by atoms with E-state index >= 15 is 0 Å². The summed E-state index contributed by atoms with van der Waals surface area (Å²) in [5.74, 6) is -1.71. The van der Waals surface area contributed by atoms with Gasteiger partial charge in [-0.25, -0.2) is 4.63 Å². The number of carbonyl (C=O) groups excluding carboxylic acids is 2.